The van der Waals surface area contributed by atoms with E-state index in [1.807, 2.05) is 31.2 Å². The highest BCUT2D eigenvalue weighted by atomic mass is 16.3. The van der Waals surface area contributed by atoms with Crippen LogP contribution in [0.25, 0.3) is 21.8 Å². The number of aliphatic hydroxyl groups is 1. The lowest BCUT2D eigenvalue weighted by Gasteiger charge is -2.08. The largest absolute Gasteiger partial charge is 0.392 e. The average Bonchev–Trinajstić information content (AvgIpc) is 2.41. The van der Waals surface area contributed by atoms with E-state index < -0.39 is 0 Å². The Morgan fingerprint density at radius 1 is 1.32 bits per heavy atom. The molecule has 0 aliphatic carbocycles. The summed E-state index contributed by atoms with van der Waals surface area (Å²) in [6.45, 7) is 1.87. The smallest absolute Gasteiger partial charge is 0.259 e. The zero-order valence-electron chi connectivity index (χ0n) is 10.8. The molecule has 0 atom stereocenters. The van der Waals surface area contributed by atoms with Crippen molar-refractivity contribution in [1.82, 2.24) is 9.55 Å². The van der Waals surface area contributed by atoms with Gasteiger partial charge in [-0.15, -0.1) is 0 Å². The van der Waals surface area contributed by atoms with Gasteiger partial charge in [0.05, 0.1) is 23.0 Å². The summed E-state index contributed by atoms with van der Waals surface area (Å²) >= 11 is 0. The lowest BCUT2D eigenvalue weighted by atomic mass is 10.1. The lowest BCUT2D eigenvalue weighted by Crippen LogP contribution is -2.18. The topological polar surface area (TPSA) is 55.1 Å². The maximum Gasteiger partial charge on any atom is 0.259 e. The van der Waals surface area contributed by atoms with E-state index in [9.17, 15) is 9.90 Å². The Balaban J connectivity index is 2.53. The first kappa shape index (κ1) is 11.9. The standard InChI is InChI=1S/C15H14N2O2/c1-9-3-4-10-6-12-14(16-13(10)5-9)11(8-18)7-17(2)15(12)19/h3-7,18H,8H2,1-2H3. The molecule has 2 heterocycles. The zero-order valence-corrected chi connectivity index (χ0v) is 10.8. The number of rotatable bonds is 1. The first-order chi connectivity index (χ1) is 9.10. The number of fused-ring (bicyclic) bond motifs is 2. The molecule has 0 aliphatic rings. The first-order valence-electron chi connectivity index (χ1n) is 6.10. The molecule has 0 amide bonds. The molecule has 0 unspecified atom stereocenters. The molecule has 1 N–H and O–H groups in total. The third-order valence-corrected chi connectivity index (χ3v) is 3.35. The van der Waals surface area contributed by atoms with Crippen molar-refractivity contribution in [3.8, 4) is 0 Å². The van der Waals surface area contributed by atoms with Gasteiger partial charge in [-0.05, 0) is 24.6 Å². The van der Waals surface area contributed by atoms with Crippen molar-refractivity contribution >= 4 is 21.8 Å². The summed E-state index contributed by atoms with van der Waals surface area (Å²) in [6, 6.07) is 7.78. The number of hydrogen-bond donors (Lipinski definition) is 1. The van der Waals surface area contributed by atoms with E-state index in [-0.39, 0.29) is 12.2 Å². The maximum absolute atomic E-state index is 12.1. The molecule has 0 spiro atoms. The van der Waals surface area contributed by atoms with Crippen molar-refractivity contribution in [2.24, 2.45) is 7.05 Å². The molecule has 96 valence electrons. The van der Waals surface area contributed by atoms with Crippen LogP contribution in [0.2, 0.25) is 0 Å². The quantitative estimate of drug-likeness (QED) is 0.675. The summed E-state index contributed by atoms with van der Waals surface area (Å²) < 4.78 is 1.48. The highest BCUT2D eigenvalue weighted by molar-refractivity contribution is 5.93. The van der Waals surface area contributed by atoms with Crippen LogP contribution in [0, 0.1) is 6.92 Å². The molecule has 0 saturated heterocycles. The Hall–Kier alpha value is -2.20. The number of aromatic nitrogens is 2. The molecule has 4 heteroatoms. The number of aryl methyl sites for hydroxylation is 2. The van der Waals surface area contributed by atoms with Crippen molar-refractivity contribution in [3.05, 3.63) is 51.9 Å². The van der Waals surface area contributed by atoms with Crippen LogP contribution in [-0.4, -0.2) is 14.7 Å². The van der Waals surface area contributed by atoms with Crippen LogP contribution in [0.4, 0.5) is 0 Å². The summed E-state index contributed by atoms with van der Waals surface area (Å²) in [7, 11) is 1.68. The molecular weight excluding hydrogens is 240 g/mol. The Labute approximate surface area is 109 Å². The van der Waals surface area contributed by atoms with Crippen molar-refractivity contribution in [1.29, 1.82) is 0 Å². The van der Waals surface area contributed by atoms with Gasteiger partial charge in [-0.2, -0.15) is 0 Å². The van der Waals surface area contributed by atoms with Crippen LogP contribution in [0.15, 0.2) is 35.3 Å². The third kappa shape index (κ3) is 1.81. The molecule has 2 aromatic heterocycles. The average molecular weight is 254 g/mol. The molecule has 3 aromatic rings. The summed E-state index contributed by atoms with van der Waals surface area (Å²) in [5, 5.41) is 10.9. The molecule has 0 aliphatic heterocycles. The van der Waals surface area contributed by atoms with E-state index in [2.05, 4.69) is 4.98 Å². The van der Waals surface area contributed by atoms with Gasteiger partial charge in [0.1, 0.15) is 0 Å². The van der Waals surface area contributed by atoms with Gasteiger partial charge in [0.25, 0.3) is 5.56 Å². The van der Waals surface area contributed by atoms with Crippen LogP contribution in [-0.2, 0) is 13.7 Å². The van der Waals surface area contributed by atoms with Gasteiger partial charge in [0, 0.05) is 24.2 Å². The number of hydrogen-bond acceptors (Lipinski definition) is 3. The third-order valence-electron chi connectivity index (χ3n) is 3.35. The van der Waals surface area contributed by atoms with Crippen LogP contribution in [0.3, 0.4) is 0 Å². The number of aliphatic hydroxyl groups excluding tert-OH is 1. The number of pyridine rings is 2. The second kappa shape index (κ2) is 4.17. The van der Waals surface area contributed by atoms with Gasteiger partial charge < -0.3 is 9.67 Å². The van der Waals surface area contributed by atoms with Crippen LogP contribution in [0.1, 0.15) is 11.1 Å². The fourth-order valence-electron chi connectivity index (χ4n) is 2.34. The fraction of sp³-hybridized carbons (Fsp3) is 0.200. The van der Waals surface area contributed by atoms with Crippen molar-refractivity contribution in [3.63, 3.8) is 0 Å². The Kier molecular flexibility index (Phi) is 2.61. The maximum atomic E-state index is 12.1. The summed E-state index contributed by atoms with van der Waals surface area (Å²) in [4.78, 5) is 16.7. The second-order valence-corrected chi connectivity index (χ2v) is 4.81. The SMILES string of the molecule is Cc1ccc2cc3c(=O)n(C)cc(CO)c3nc2c1. The van der Waals surface area contributed by atoms with Gasteiger partial charge in [0.15, 0.2) is 0 Å². The predicted octanol–water partition coefficient (Wildman–Crippen LogP) is 1.89. The van der Waals surface area contributed by atoms with Gasteiger partial charge in [-0.1, -0.05) is 12.1 Å². The number of benzene rings is 1. The van der Waals surface area contributed by atoms with E-state index in [1.54, 1.807) is 13.2 Å². The molecule has 0 saturated carbocycles. The summed E-state index contributed by atoms with van der Waals surface area (Å²) in [5.41, 5.74) is 3.12. The monoisotopic (exact) mass is 254 g/mol. The fourth-order valence-corrected chi connectivity index (χ4v) is 2.34. The van der Waals surface area contributed by atoms with Gasteiger partial charge in [0.2, 0.25) is 0 Å². The molecule has 1 aromatic carbocycles. The summed E-state index contributed by atoms with van der Waals surface area (Å²) in [5.74, 6) is 0. The van der Waals surface area contributed by atoms with Crippen molar-refractivity contribution in [2.45, 2.75) is 13.5 Å². The lowest BCUT2D eigenvalue weighted by molar-refractivity contribution is 0.282. The van der Waals surface area contributed by atoms with Crippen LogP contribution in [0.5, 0.6) is 0 Å². The first-order valence-corrected chi connectivity index (χ1v) is 6.10. The van der Waals surface area contributed by atoms with Crippen molar-refractivity contribution in [2.75, 3.05) is 0 Å². The van der Waals surface area contributed by atoms with Gasteiger partial charge in [-0.25, -0.2) is 4.98 Å². The van der Waals surface area contributed by atoms with Crippen LogP contribution < -0.4 is 5.56 Å². The Bertz CT molecular complexity index is 850. The Morgan fingerprint density at radius 2 is 2.11 bits per heavy atom. The van der Waals surface area contributed by atoms with E-state index >= 15 is 0 Å². The van der Waals surface area contributed by atoms with Crippen molar-refractivity contribution < 1.29 is 5.11 Å². The minimum absolute atomic E-state index is 0.0952. The van der Waals surface area contributed by atoms with Gasteiger partial charge >= 0.3 is 0 Å². The number of nitrogens with zero attached hydrogens (tertiary/aromatic N) is 2. The summed E-state index contributed by atoms with van der Waals surface area (Å²) in [6.07, 6.45) is 1.64. The predicted molar refractivity (Wildman–Crippen MR) is 75.1 cm³/mol. The van der Waals surface area contributed by atoms with E-state index in [4.69, 9.17) is 0 Å². The van der Waals surface area contributed by atoms with Crippen LogP contribution >= 0.6 is 0 Å². The minimum Gasteiger partial charge on any atom is -0.392 e. The van der Waals surface area contributed by atoms with Gasteiger partial charge in [-0.3, -0.25) is 4.79 Å². The van der Waals surface area contributed by atoms with E-state index in [0.717, 1.165) is 16.5 Å². The second-order valence-electron chi connectivity index (χ2n) is 4.81. The normalized spacial score (nSPS) is 11.3. The zero-order chi connectivity index (χ0) is 13.6. The van der Waals surface area contributed by atoms with E-state index in [1.165, 1.54) is 4.57 Å². The molecule has 0 bridgehead atoms. The molecule has 19 heavy (non-hydrogen) atoms. The molecule has 4 nitrogen and oxygen atoms in total. The highest BCUT2D eigenvalue weighted by Crippen LogP contribution is 2.20. The molecule has 0 fully saturated rings. The molecule has 3 rings (SSSR count). The molecular formula is C15H14N2O2. The highest BCUT2D eigenvalue weighted by Gasteiger charge is 2.09. The molecule has 0 radical (unpaired) electrons. The van der Waals surface area contributed by atoms with E-state index in [0.29, 0.717) is 16.5 Å². The minimum atomic E-state index is -0.130. The Morgan fingerprint density at radius 3 is 2.84 bits per heavy atom.